The van der Waals surface area contributed by atoms with Crippen LogP contribution in [-0.2, 0) is 13.0 Å². The minimum absolute atomic E-state index is 0.796. The van der Waals surface area contributed by atoms with E-state index in [1.165, 1.54) is 37.1 Å². The summed E-state index contributed by atoms with van der Waals surface area (Å²) in [6.45, 7) is 3.53. The van der Waals surface area contributed by atoms with E-state index in [-0.39, 0.29) is 0 Å². The lowest BCUT2D eigenvalue weighted by atomic mass is 10.00. The minimum atomic E-state index is 0.796. The molecule has 0 fully saturated rings. The summed E-state index contributed by atoms with van der Waals surface area (Å²) in [5, 5.41) is 0. The third-order valence-corrected chi connectivity index (χ3v) is 3.33. The zero-order valence-corrected chi connectivity index (χ0v) is 9.84. The first-order valence-electron chi connectivity index (χ1n) is 5.75. The van der Waals surface area contributed by atoms with Crippen LogP contribution in [0.5, 0.6) is 0 Å². The van der Waals surface area contributed by atoms with Gasteiger partial charge in [0.1, 0.15) is 0 Å². The van der Waals surface area contributed by atoms with Crippen molar-refractivity contribution < 1.29 is 0 Å². The van der Waals surface area contributed by atoms with Gasteiger partial charge in [0.05, 0.1) is 0 Å². The van der Waals surface area contributed by atoms with Gasteiger partial charge in [-0.15, -0.1) is 11.6 Å². The molecule has 1 nitrogen and oxygen atoms in total. The molecule has 2 heteroatoms. The predicted octanol–water partition coefficient (Wildman–Crippen LogP) is 3.06. The number of nitrogens with zero attached hydrogens (tertiary/aromatic N) is 1. The monoisotopic (exact) mass is 223 g/mol. The summed E-state index contributed by atoms with van der Waals surface area (Å²) >= 11 is 5.68. The number of alkyl halides is 1. The van der Waals surface area contributed by atoms with E-state index in [4.69, 9.17) is 11.6 Å². The smallest absolute Gasteiger partial charge is 0.0236 e. The molecular formula is C13H18ClN. The van der Waals surface area contributed by atoms with Crippen LogP contribution in [-0.4, -0.2) is 23.9 Å². The molecule has 0 bridgehead atoms. The van der Waals surface area contributed by atoms with Gasteiger partial charge in [-0.1, -0.05) is 24.3 Å². The number of hydrogen-bond donors (Lipinski definition) is 0. The maximum Gasteiger partial charge on any atom is 0.0236 e. The molecule has 15 heavy (non-hydrogen) atoms. The van der Waals surface area contributed by atoms with Crippen molar-refractivity contribution in [1.29, 1.82) is 0 Å². The summed E-state index contributed by atoms with van der Waals surface area (Å²) in [6.07, 6.45) is 3.57. The van der Waals surface area contributed by atoms with E-state index in [0.717, 1.165) is 18.8 Å². The standard InChI is InChI=1S/C13H18ClN/c14-8-3-4-9-15-10-7-12-5-1-2-6-13(12)11-15/h1-2,5-6H,3-4,7-11H2. The zero-order valence-electron chi connectivity index (χ0n) is 9.08. The molecule has 0 aliphatic carbocycles. The molecule has 0 atom stereocenters. The summed E-state index contributed by atoms with van der Waals surface area (Å²) < 4.78 is 0. The molecule has 0 unspecified atom stereocenters. The molecule has 1 aliphatic heterocycles. The van der Waals surface area contributed by atoms with Crippen molar-refractivity contribution in [3.05, 3.63) is 35.4 Å². The second-order valence-electron chi connectivity index (χ2n) is 4.19. The highest BCUT2D eigenvalue weighted by Crippen LogP contribution is 2.18. The largest absolute Gasteiger partial charge is 0.299 e. The van der Waals surface area contributed by atoms with Crippen LogP contribution in [0.2, 0.25) is 0 Å². The van der Waals surface area contributed by atoms with E-state index < -0.39 is 0 Å². The fraction of sp³-hybridized carbons (Fsp3) is 0.538. The average Bonchev–Trinajstić information content (AvgIpc) is 2.29. The van der Waals surface area contributed by atoms with Gasteiger partial charge < -0.3 is 0 Å². The number of hydrogen-bond acceptors (Lipinski definition) is 1. The van der Waals surface area contributed by atoms with Crippen LogP contribution in [0.3, 0.4) is 0 Å². The Bertz CT molecular complexity index is 311. The molecule has 0 aromatic heterocycles. The Morgan fingerprint density at radius 3 is 2.73 bits per heavy atom. The van der Waals surface area contributed by atoms with Crippen LogP contribution in [0, 0.1) is 0 Å². The molecule has 1 aromatic rings. The van der Waals surface area contributed by atoms with Crippen molar-refractivity contribution >= 4 is 11.6 Å². The van der Waals surface area contributed by atoms with Crippen LogP contribution in [0.4, 0.5) is 0 Å². The summed E-state index contributed by atoms with van der Waals surface area (Å²) in [6, 6.07) is 8.79. The predicted molar refractivity (Wildman–Crippen MR) is 65.4 cm³/mol. The van der Waals surface area contributed by atoms with Gasteiger partial charge in [0, 0.05) is 19.0 Å². The number of unbranched alkanes of at least 4 members (excludes halogenated alkanes) is 1. The van der Waals surface area contributed by atoms with Gasteiger partial charge in [0.15, 0.2) is 0 Å². The molecule has 1 aromatic carbocycles. The first-order valence-corrected chi connectivity index (χ1v) is 6.28. The van der Waals surface area contributed by atoms with E-state index >= 15 is 0 Å². The lowest BCUT2D eigenvalue weighted by Gasteiger charge is -2.28. The minimum Gasteiger partial charge on any atom is -0.299 e. The van der Waals surface area contributed by atoms with Crippen LogP contribution in [0.25, 0.3) is 0 Å². The van der Waals surface area contributed by atoms with Crippen molar-refractivity contribution in [2.24, 2.45) is 0 Å². The summed E-state index contributed by atoms with van der Waals surface area (Å²) in [4.78, 5) is 2.54. The molecule has 0 N–H and O–H groups in total. The number of fused-ring (bicyclic) bond motifs is 1. The van der Waals surface area contributed by atoms with Gasteiger partial charge in [-0.25, -0.2) is 0 Å². The second kappa shape index (κ2) is 5.53. The summed E-state index contributed by atoms with van der Waals surface area (Å²) in [5.41, 5.74) is 3.04. The molecule has 0 saturated heterocycles. The Balaban J connectivity index is 1.88. The fourth-order valence-electron chi connectivity index (χ4n) is 2.17. The van der Waals surface area contributed by atoms with E-state index in [2.05, 4.69) is 29.2 Å². The van der Waals surface area contributed by atoms with Crippen molar-refractivity contribution in [2.75, 3.05) is 19.0 Å². The number of benzene rings is 1. The number of halogens is 1. The van der Waals surface area contributed by atoms with Gasteiger partial charge in [-0.3, -0.25) is 4.90 Å². The van der Waals surface area contributed by atoms with E-state index in [9.17, 15) is 0 Å². The van der Waals surface area contributed by atoms with Crippen LogP contribution >= 0.6 is 11.6 Å². The Morgan fingerprint density at radius 2 is 1.93 bits per heavy atom. The molecular weight excluding hydrogens is 206 g/mol. The molecule has 1 aliphatic rings. The Morgan fingerprint density at radius 1 is 1.13 bits per heavy atom. The topological polar surface area (TPSA) is 3.24 Å². The molecule has 1 heterocycles. The third kappa shape index (κ3) is 2.96. The maximum absolute atomic E-state index is 5.68. The zero-order chi connectivity index (χ0) is 10.5. The maximum atomic E-state index is 5.68. The number of rotatable bonds is 4. The van der Waals surface area contributed by atoms with Gasteiger partial charge in [-0.05, 0) is 36.9 Å². The molecule has 0 spiro atoms. The van der Waals surface area contributed by atoms with Crippen LogP contribution in [0.1, 0.15) is 24.0 Å². The van der Waals surface area contributed by atoms with Crippen LogP contribution in [0.15, 0.2) is 24.3 Å². The third-order valence-electron chi connectivity index (χ3n) is 3.07. The lowest BCUT2D eigenvalue weighted by molar-refractivity contribution is 0.250. The van der Waals surface area contributed by atoms with Gasteiger partial charge in [0.2, 0.25) is 0 Å². The second-order valence-corrected chi connectivity index (χ2v) is 4.57. The molecule has 2 rings (SSSR count). The molecule has 0 radical (unpaired) electrons. The van der Waals surface area contributed by atoms with Crippen LogP contribution < -0.4 is 0 Å². The van der Waals surface area contributed by atoms with Gasteiger partial charge >= 0.3 is 0 Å². The van der Waals surface area contributed by atoms with Gasteiger partial charge in [0.25, 0.3) is 0 Å². The molecule has 0 saturated carbocycles. The van der Waals surface area contributed by atoms with Crippen molar-refractivity contribution in [3.63, 3.8) is 0 Å². The molecule has 82 valence electrons. The van der Waals surface area contributed by atoms with Gasteiger partial charge in [-0.2, -0.15) is 0 Å². The summed E-state index contributed by atoms with van der Waals surface area (Å²) in [5.74, 6) is 0.796. The highest BCUT2D eigenvalue weighted by molar-refractivity contribution is 6.17. The normalized spacial score (nSPS) is 16.3. The highest BCUT2D eigenvalue weighted by Gasteiger charge is 2.14. The van der Waals surface area contributed by atoms with Crippen molar-refractivity contribution in [3.8, 4) is 0 Å². The van der Waals surface area contributed by atoms with E-state index in [1.807, 2.05) is 0 Å². The average molecular weight is 224 g/mol. The first-order chi connectivity index (χ1) is 7.40. The SMILES string of the molecule is ClCCCCN1CCc2ccccc2C1. The fourth-order valence-corrected chi connectivity index (χ4v) is 2.36. The van der Waals surface area contributed by atoms with Crippen molar-refractivity contribution in [2.45, 2.75) is 25.8 Å². The molecule has 0 amide bonds. The Kier molecular flexibility index (Phi) is 4.04. The highest BCUT2D eigenvalue weighted by atomic mass is 35.5. The first kappa shape index (κ1) is 11.0. The lowest BCUT2D eigenvalue weighted by Crippen LogP contribution is -2.31. The van der Waals surface area contributed by atoms with E-state index in [1.54, 1.807) is 0 Å². The quantitative estimate of drug-likeness (QED) is 0.560. The summed E-state index contributed by atoms with van der Waals surface area (Å²) in [7, 11) is 0. The Hall–Kier alpha value is -0.530. The van der Waals surface area contributed by atoms with Crippen molar-refractivity contribution in [1.82, 2.24) is 4.90 Å². The van der Waals surface area contributed by atoms with E-state index in [0.29, 0.717) is 0 Å². The Labute approximate surface area is 97.0 Å².